The lowest BCUT2D eigenvalue weighted by Gasteiger charge is -2.27. The molecule has 0 aromatic heterocycles. The van der Waals surface area contributed by atoms with Gasteiger partial charge in [0.25, 0.3) is 0 Å². The van der Waals surface area contributed by atoms with Gasteiger partial charge in [-0.1, -0.05) is 18.2 Å². The number of aryl methyl sites for hydroxylation is 1. The van der Waals surface area contributed by atoms with E-state index in [4.69, 9.17) is 0 Å². The van der Waals surface area contributed by atoms with Crippen LogP contribution in [0, 0.1) is 6.92 Å². The molecule has 1 aromatic rings. The molecule has 0 aliphatic carbocycles. The molecule has 0 radical (unpaired) electrons. The zero-order valence-corrected chi connectivity index (χ0v) is 12.0. The maximum Gasteiger partial charge on any atom is 0.423 e. The van der Waals surface area contributed by atoms with Crippen molar-refractivity contribution in [3.63, 3.8) is 0 Å². The molecule has 120 valence electrons. The van der Waals surface area contributed by atoms with E-state index in [9.17, 15) is 26.3 Å². The molecule has 1 aliphatic rings. The molecule has 1 aliphatic heterocycles. The number of hydrogen-bond donors (Lipinski definition) is 1. The van der Waals surface area contributed by atoms with E-state index in [1.54, 1.807) is 0 Å². The van der Waals surface area contributed by atoms with E-state index in [1.165, 1.54) is 13.0 Å². The molecule has 0 spiro atoms. The minimum Gasteiger partial charge on any atom is -0.169 e. The lowest BCUT2D eigenvalue weighted by atomic mass is 9.87. The second-order valence-corrected chi connectivity index (χ2v) is 5.33. The number of azo groups is 1. The van der Waals surface area contributed by atoms with Crippen LogP contribution in [0.3, 0.4) is 0 Å². The third-order valence-electron chi connectivity index (χ3n) is 3.35. The summed E-state index contributed by atoms with van der Waals surface area (Å²) in [5, 5.41) is 4.21. The molecular weight excluding hydrogens is 330 g/mol. The smallest absolute Gasteiger partial charge is 0.169 e. The van der Waals surface area contributed by atoms with E-state index in [-0.39, 0.29) is 11.1 Å². The van der Waals surface area contributed by atoms with Gasteiger partial charge in [-0.3, -0.25) is 0 Å². The normalized spacial score (nSPS) is 23.1. The Morgan fingerprint density at radius 3 is 2.23 bits per heavy atom. The summed E-state index contributed by atoms with van der Waals surface area (Å²) in [6.45, 7) is 1.38. The SMILES string of the molecule is Cc1ccc(C2(C(F)(F)F)C=CN=N2)cc1C(S)C(F)(F)F. The lowest BCUT2D eigenvalue weighted by Crippen LogP contribution is -2.37. The molecule has 0 saturated heterocycles. The van der Waals surface area contributed by atoms with Crippen LogP contribution in [0.15, 0.2) is 40.7 Å². The monoisotopic (exact) mass is 340 g/mol. The molecule has 22 heavy (non-hydrogen) atoms. The van der Waals surface area contributed by atoms with Gasteiger partial charge in [0.05, 0.1) is 0 Å². The van der Waals surface area contributed by atoms with Crippen molar-refractivity contribution < 1.29 is 26.3 Å². The van der Waals surface area contributed by atoms with E-state index < -0.39 is 28.7 Å². The molecule has 2 unspecified atom stereocenters. The van der Waals surface area contributed by atoms with Crippen molar-refractivity contribution in [1.29, 1.82) is 0 Å². The highest BCUT2D eigenvalue weighted by Gasteiger charge is 2.57. The molecular formula is C13H10F6N2S. The number of benzene rings is 1. The molecule has 2 nitrogen and oxygen atoms in total. The van der Waals surface area contributed by atoms with Gasteiger partial charge in [-0.2, -0.15) is 49.2 Å². The fourth-order valence-electron chi connectivity index (χ4n) is 2.12. The maximum atomic E-state index is 13.3. The highest BCUT2D eigenvalue weighted by atomic mass is 32.1. The Kier molecular flexibility index (Phi) is 4.05. The Morgan fingerprint density at radius 2 is 1.77 bits per heavy atom. The molecule has 1 aromatic carbocycles. The summed E-state index contributed by atoms with van der Waals surface area (Å²) in [7, 11) is 0. The highest BCUT2D eigenvalue weighted by molar-refractivity contribution is 7.80. The summed E-state index contributed by atoms with van der Waals surface area (Å²) in [6.07, 6.45) is -7.91. The van der Waals surface area contributed by atoms with Crippen LogP contribution in [0.1, 0.15) is 21.9 Å². The van der Waals surface area contributed by atoms with Gasteiger partial charge in [0.2, 0.25) is 5.54 Å². The van der Waals surface area contributed by atoms with Crippen molar-refractivity contribution in [3.8, 4) is 0 Å². The number of nitrogens with zero attached hydrogens (tertiary/aromatic N) is 2. The second-order valence-electron chi connectivity index (χ2n) is 4.81. The molecule has 2 atom stereocenters. The first-order valence-electron chi connectivity index (χ1n) is 6.01. The molecule has 0 saturated carbocycles. The van der Waals surface area contributed by atoms with E-state index in [0.717, 1.165) is 18.3 Å². The van der Waals surface area contributed by atoms with Crippen LogP contribution < -0.4 is 0 Å². The fourth-order valence-corrected chi connectivity index (χ4v) is 2.39. The predicted molar refractivity (Wildman–Crippen MR) is 70.7 cm³/mol. The van der Waals surface area contributed by atoms with Gasteiger partial charge in [-0.15, -0.1) is 0 Å². The van der Waals surface area contributed by atoms with E-state index in [0.29, 0.717) is 6.08 Å². The fraction of sp³-hybridized carbons (Fsp3) is 0.385. The third-order valence-corrected chi connectivity index (χ3v) is 3.92. The zero-order chi connectivity index (χ0) is 16.8. The Morgan fingerprint density at radius 1 is 1.14 bits per heavy atom. The first-order valence-corrected chi connectivity index (χ1v) is 6.53. The van der Waals surface area contributed by atoms with Crippen LogP contribution in [0.2, 0.25) is 0 Å². The molecule has 0 N–H and O–H groups in total. The number of thiol groups is 1. The van der Waals surface area contributed by atoms with Crippen molar-refractivity contribution >= 4 is 12.6 Å². The summed E-state index contributed by atoms with van der Waals surface area (Å²) in [5.41, 5.74) is -3.33. The van der Waals surface area contributed by atoms with E-state index >= 15 is 0 Å². The molecule has 0 amide bonds. The van der Waals surface area contributed by atoms with Gasteiger partial charge in [0.15, 0.2) is 0 Å². The minimum absolute atomic E-state index is 0.192. The molecule has 0 fully saturated rings. The topological polar surface area (TPSA) is 24.7 Å². The largest absolute Gasteiger partial charge is 0.423 e. The van der Waals surface area contributed by atoms with Crippen molar-refractivity contribution in [3.05, 3.63) is 47.2 Å². The molecule has 1 heterocycles. The average molecular weight is 340 g/mol. The van der Waals surface area contributed by atoms with Crippen LogP contribution >= 0.6 is 12.6 Å². The number of hydrogen-bond acceptors (Lipinski definition) is 3. The Bertz CT molecular complexity index is 620. The molecule has 0 bridgehead atoms. The van der Waals surface area contributed by atoms with Crippen LogP contribution in [0.4, 0.5) is 26.3 Å². The van der Waals surface area contributed by atoms with Crippen LogP contribution in [0.5, 0.6) is 0 Å². The van der Waals surface area contributed by atoms with Crippen molar-refractivity contribution in [2.75, 3.05) is 0 Å². The lowest BCUT2D eigenvalue weighted by molar-refractivity contribution is -0.174. The zero-order valence-electron chi connectivity index (χ0n) is 11.1. The minimum atomic E-state index is -4.82. The van der Waals surface area contributed by atoms with Crippen LogP contribution in [-0.2, 0) is 5.54 Å². The van der Waals surface area contributed by atoms with Gasteiger partial charge in [0, 0.05) is 6.20 Å². The molecule has 9 heteroatoms. The van der Waals surface area contributed by atoms with Gasteiger partial charge >= 0.3 is 12.4 Å². The van der Waals surface area contributed by atoms with E-state index in [2.05, 4.69) is 22.9 Å². The number of rotatable bonds is 2. The summed E-state index contributed by atoms with van der Waals surface area (Å²) in [5.74, 6) is 0. The number of halogens is 6. The molecule has 2 rings (SSSR count). The van der Waals surface area contributed by atoms with Crippen molar-refractivity contribution in [2.45, 2.75) is 30.1 Å². The average Bonchev–Trinajstić information content (AvgIpc) is 2.87. The van der Waals surface area contributed by atoms with Gasteiger partial charge in [-0.25, -0.2) is 0 Å². The van der Waals surface area contributed by atoms with Gasteiger partial charge < -0.3 is 0 Å². The highest BCUT2D eigenvalue weighted by Crippen LogP contribution is 2.48. The summed E-state index contributed by atoms with van der Waals surface area (Å²) in [6, 6.07) is 3.12. The van der Waals surface area contributed by atoms with Gasteiger partial charge in [-0.05, 0) is 29.7 Å². The standard InChI is InChI=1S/C13H10F6N2S/c1-7-2-3-8(6-9(7)10(22)12(14,15)16)11(13(17,18)19)4-5-20-21-11/h2-6,10,22H,1H3. The van der Waals surface area contributed by atoms with Gasteiger partial charge in [0.1, 0.15) is 5.25 Å². The number of alkyl halides is 6. The Hall–Kier alpha value is -1.51. The van der Waals surface area contributed by atoms with Crippen molar-refractivity contribution in [2.24, 2.45) is 10.2 Å². The quantitative estimate of drug-likeness (QED) is 0.561. The maximum absolute atomic E-state index is 13.3. The second kappa shape index (κ2) is 5.29. The summed E-state index contributed by atoms with van der Waals surface area (Å²) in [4.78, 5) is 0. The predicted octanol–water partition coefficient (Wildman–Crippen LogP) is 5.27. The Labute approximate surface area is 127 Å². The van der Waals surface area contributed by atoms with Crippen LogP contribution in [0.25, 0.3) is 0 Å². The van der Waals surface area contributed by atoms with Crippen LogP contribution in [-0.4, -0.2) is 12.4 Å². The summed E-state index contributed by atoms with van der Waals surface area (Å²) < 4.78 is 78.4. The van der Waals surface area contributed by atoms with Crippen molar-refractivity contribution in [1.82, 2.24) is 0 Å². The summed E-state index contributed by atoms with van der Waals surface area (Å²) >= 11 is 3.48. The first-order chi connectivity index (χ1) is 9.99. The Balaban J connectivity index is 2.59. The first kappa shape index (κ1) is 16.9. The van der Waals surface area contributed by atoms with E-state index in [1.807, 2.05) is 0 Å². The third kappa shape index (κ3) is 2.73.